The van der Waals surface area contributed by atoms with Crippen molar-refractivity contribution in [2.24, 2.45) is 21.1 Å². The van der Waals surface area contributed by atoms with E-state index in [0.717, 1.165) is 55.6 Å². The standard InChI is InChI=1S/C20H26N4O2/c1-18(2)9-13-16(14(25)10-18)20(12-11-21-24-17(12)22-13)7-5-19(6-8-20)4-3-15(26)23-19/h22H,3-11H2,1-2H3,(H,23,26). The van der Waals surface area contributed by atoms with Gasteiger partial charge in [-0.05, 0) is 43.9 Å². The van der Waals surface area contributed by atoms with Crippen molar-refractivity contribution in [1.29, 1.82) is 0 Å². The fraction of sp³-hybridized carbons (Fsp3) is 0.700. The van der Waals surface area contributed by atoms with Gasteiger partial charge in [0.2, 0.25) is 5.91 Å². The van der Waals surface area contributed by atoms with Crippen molar-refractivity contribution in [3.63, 3.8) is 0 Å². The Bertz CT molecular complexity index is 810. The van der Waals surface area contributed by atoms with E-state index in [1.54, 1.807) is 0 Å². The van der Waals surface area contributed by atoms with Crippen LogP contribution in [-0.4, -0.2) is 23.8 Å². The maximum absolute atomic E-state index is 13.2. The quantitative estimate of drug-likeness (QED) is 0.701. The van der Waals surface area contributed by atoms with Crippen LogP contribution in [0.4, 0.5) is 0 Å². The highest BCUT2D eigenvalue weighted by molar-refractivity contribution is 6.00. The number of fused-ring (bicyclic) bond motifs is 2. The van der Waals surface area contributed by atoms with Gasteiger partial charge >= 0.3 is 0 Å². The summed E-state index contributed by atoms with van der Waals surface area (Å²) in [4.78, 5) is 25.0. The first-order chi connectivity index (χ1) is 12.3. The average molecular weight is 354 g/mol. The van der Waals surface area contributed by atoms with Gasteiger partial charge in [-0.3, -0.25) is 9.59 Å². The molecule has 0 aromatic rings. The summed E-state index contributed by atoms with van der Waals surface area (Å²) in [7, 11) is 0. The number of hydrogen-bond donors (Lipinski definition) is 2. The molecule has 3 heterocycles. The molecule has 0 bridgehead atoms. The molecule has 2 spiro atoms. The van der Waals surface area contributed by atoms with Crippen LogP contribution in [0.1, 0.15) is 65.2 Å². The van der Waals surface area contributed by atoms with E-state index in [-0.39, 0.29) is 28.1 Å². The van der Waals surface area contributed by atoms with Gasteiger partial charge in [0.05, 0.1) is 6.54 Å². The van der Waals surface area contributed by atoms with Crippen LogP contribution >= 0.6 is 0 Å². The van der Waals surface area contributed by atoms with Gasteiger partial charge in [-0.15, -0.1) is 5.11 Å². The first-order valence-corrected chi connectivity index (χ1v) is 9.79. The van der Waals surface area contributed by atoms with Crippen molar-refractivity contribution in [2.45, 2.75) is 70.8 Å². The Morgan fingerprint density at radius 3 is 2.46 bits per heavy atom. The van der Waals surface area contributed by atoms with Crippen molar-refractivity contribution < 1.29 is 9.59 Å². The fourth-order valence-corrected chi connectivity index (χ4v) is 5.92. The summed E-state index contributed by atoms with van der Waals surface area (Å²) in [5.41, 5.74) is 2.96. The van der Waals surface area contributed by atoms with Gasteiger partial charge in [0.25, 0.3) is 0 Å². The van der Waals surface area contributed by atoms with Crippen molar-refractivity contribution >= 4 is 11.7 Å². The predicted molar refractivity (Wildman–Crippen MR) is 95.9 cm³/mol. The lowest BCUT2D eigenvalue weighted by Gasteiger charge is -2.50. The van der Waals surface area contributed by atoms with Crippen LogP contribution in [-0.2, 0) is 9.59 Å². The van der Waals surface area contributed by atoms with Crippen molar-refractivity contribution in [3.8, 4) is 0 Å². The molecule has 0 atom stereocenters. The predicted octanol–water partition coefficient (Wildman–Crippen LogP) is 3.12. The number of dihydropyridines is 1. The lowest BCUT2D eigenvalue weighted by Crippen LogP contribution is -2.51. The minimum absolute atomic E-state index is 0.0206. The number of azo groups is 1. The third kappa shape index (κ3) is 2.17. The lowest BCUT2D eigenvalue weighted by molar-refractivity contribution is -0.121. The summed E-state index contributed by atoms with van der Waals surface area (Å²) in [6, 6.07) is 0. The second-order valence-electron chi connectivity index (χ2n) is 9.56. The Hall–Kier alpha value is -1.98. The molecular formula is C20H26N4O2. The van der Waals surface area contributed by atoms with E-state index in [1.165, 1.54) is 5.57 Å². The Morgan fingerprint density at radius 2 is 1.77 bits per heavy atom. The first-order valence-electron chi connectivity index (χ1n) is 9.79. The van der Waals surface area contributed by atoms with Gasteiger partial charge in [0.1, 0.15) is 0 Å². The summed E-state index contributed by atoms with van der Waals surface area (Å²) < 4.78 is 0. The number of ketones is 1. The van der Waals surface area contributed by atoms with Crippen LogP contribution in [0, 0.1) is 10.8 Å². The number of nitrogens with zero attached hydrogens (tertiary/aromatic N) is 2. The Kier molecular flexibility index (Phi) is 3.15. The molecule has 26 heavy (non-hydrogen) atoms. The summed E-state index contributed by atoms with van der Waals surface area (Å²) in [5.74, 6) is 1.33. The molecule has 0 aromatic carbocycles. The molecule has 0 radical (unpaired) electrons. The number of Topliss-reactive ketones (excluding diaryl/α,β-unsaturated/α-hetero) is 1. The fourth-order valence-electron chi connectivity index (χ4n) is 5.92. The molecule has 3 aliphatic heterocycles. The van der Waals surface area contributed by atoms with Crippen molar-refractivity contribution in [3.05, 3.63) is 22.7 Å². The highest BCUT2D eigenvalue weighted by Gasteiger charge is 2.55. The van der Waals surface area contributed by atoms with E-state index in [0.29, 0.717) is 19.4 Å². The zero-order chi connectivity index (χ0) is 18.2. The van der Waals surface area contributed by atoms with Crippen LogP contribution in [0.3, 0.4) is 0 Å². The molecule has 0 unspecified atom stereocenters. The highest BCUT2D eigenvalue weighted by atomic mass is 16.2. The van der Waals surface area contributed by atoms with E-state index in [2.05, 4.69) is 34.7 Å². The topological polar surface area (TPSA) is 82.9 Å². The van der Waals surface area contributed by atoms with Gasteiger partial charge in [0.15, 0.2) is 11.6 Å². The van der Waals surface area contributed by atoms with Crippen molar-refractivity contribution in [2.75, 3.05) is 6.54 Å². The molecule has 1 amide bonds. The Balaban J connectivity index is 1.55. The average Bonchev–Trinajstić information content (AvgIpc) is 3.16. The van der Waals surface area contributed by atoms with Gasteiger partial charge < -0.3 is 10.6 Å². The summed E-state index contributed by atoms with van der Waals surface area (Å²) in [5, 5.41) is 15.3. The highest BCUT2D eigenvalue weighted by Crippen LogP contribution is 2.58. The van der Waals surface area contributed by atoms with E-state index >= 15 is 0 Å². The van der Waals surface area contributed by atoms with Gasteiger partial charge in [-0.1, -0.05) is 13.8 Å². The van der Waals surface area contributed by atoms with E-state index < -0.39 is 0 Å². The number of carbonyl (C=O) groups excluding carboxylic acids is 2. The maximum Gasteiger partial charge on any atom is 0.220 e. The minimum atomic E-state index is -0.231. The molecular weight excluding hydrogens is 328 g/mol. The third-order valence-electron chi connectivity index (χ3n) is 7.18. The normalized spacial score (nSPS) is 37.9. The van der Waals surface area contributed by atoms with Gasteiger partial charge in [-0.25, -0.2) is 0 Å². The Labute approximate surface area is 153 Å². The number of nitrogens with one attached hydrogen (secondary N) is 2. The lowest BCUT2D eigenvalue weighted by atomic mass is 9.55. The number of allylic oxidation sites excluding steroid dienone is 2. The molecule has 0 aromatic heterocycles. The van der Waals surface area contributed by atoms with Gasteiger partial charge in [0, 0.05) is 40.6 Å². The molecule has 5 aliphatic rings. The zero-order valence-electron chi connectivity index (χ0n) is 15.6. The number of hydrogen-bond acceptors (Lipinski definition) is 5. The molecule has 2 fully saturated rings. The zero-order valence-corrected chi connectivity index (χ0v) is 15.6. The number of rotatable bonds is 0. The SMILES string of the molecule is CC1(C)CC(=O)C2=C(C1)NC1=C(CN=N1)C21CCC2(CCC(=O)N2)CC1. The molecule has 6 nitrogen and oxygen atoms in total. The largest absolute Gasteiger partial charge is 0.351 e. The smallest absolute Gasteiger partial charge is 0.220 e. The van der Waals surface area contributed by atoms with E-state index in [1.807, 2.05) is 0 Å². The second-order valence-corrected chi connectivity index (χ2v) is 9.56. The van der Waals surface area contributed by atoms with Crippen LogP contribution in [0.25, 0.3) is 0 Å². The van der Waals surface area contributed by atoms with E-state index in [9.17, 15) is 9.59 Å². The molecule has 6 heteroatoms. The molecule has 138 valence electrons. The maximum atomic E-state index is 13.2. The van der Waals surface area contributed by atoms with Crippen LogP contribution in [0.5, 0.6) is 0 Å². The van der Waals surface area contributed by atoms with Gasteiger partial charge in [-0.2, -0.15) is 5.11 Å². The van der Waals surface area contributed by atoms with E-state index in [4.69, 9.17) is 0 Å². The monoisotopic (exact) mass is 354 g/mol. The van der Waals surface area contributed by atoms with Crippen LogP contribution < -0.4 is 10.6 Å². The van der Waals surface area contributed by atoms with Crippen molar-refractivity contribution in [1.82, 2.24) is 10.6 Å². The molecule has 2 aliphatic carbocycles. The molecule has 1 saturated heterocycles. The molecule has 1 saturated carbocycles. The number of amides is 1. The minimum Gasteiger partial charge on any atom is -0.351 e. The summed E-state index contributed by atoms with van der Waals surface area (Å²) in [6.07, 6.45) is 6.72. The van der Waals surface area contributed by atoms with Crippen LogP contribution in [0.15, 0.2) is 32.9 Å². The third-order valence-corrected chi connectivity index (χ3v) is 7.18. The molecule has 2 N–H and O–H groups in total. The Morgan fingerprint density at radius 1 is 1.00 bits per heavy atom. The molecule has 5 rings (SSSR count). The summed E-state index contributed by atoms with van der Waals surface area (Å²) >= 11 is 0. The summed E-state index contributed by atoms with van der Waals surface area (Å²) in [6.45, 7) is 4.91. The first kappa shape index (κ1) is 16.2. The number of carbonyl (C=O) groups is 2. The van der Waals surface area contributed by atoms with Crippen LogP contribution in [0.2, 0.25) is 0 Å². The second kappa shape index (κ2) is 5.05.